The number of benzene rings is 2. The Balaban J connectivity index is 1.88. The normalized spacial score (nSPS) is 9.65. The van der Waals surface area contributed by atoms with E-state index in [1.807, 2.05) is 49.4 Å². The van der Waals surface area contributed by atoms with Gasteiger partial charge in [-0.05, 0) is 36.8 Å². The first-order chi connectivity index (χ1) is 9.88. The summed E-state index contributed by atoms with van der Waals surface area (Å²) in [5.41, 5.74) is 1.21. The van der Waals surface area contributed by atoms with Gasteiger partial charge in [-0.1, -0.05) is 30.3 Å². The number of rotatable bonds is 6. The molecule has 2 heteroatoms. The second-order valence-corrected chi connectivity index (χ2v) is 4.42. The first kappa shape index (κ1) is 14.2. The maximum atomic E-state index is 5.81. The van der Waals surface area contributed by atoms with Crippen LogP contribution in [0.5, 0.6) is 11.5 Å². The Morgan fingerprint density at radius 1 is 1.00 bits per heavy atom. The van der Waals surface area contributed by atoms with Gasteiger partial charge in [0.05, 0.1) is 0 Å². The zero-order valence-electron chi connectivity index (χ0n) is 11.7. The predicted molar refractivity (Wildman–Crippen MR) is 82.7 cm³/mol. The minimum absolute atomic E-state index is 0.831. The third-order valence-corrected chi connectivity index (χ3v) is 2.81. The summed E-state index contributed by atoms with van der Waals surface area (Å²) < 4.78 is 5.81. The smallest absolute Gasteiger partial charge is 0.127 e. The molecule has 20 heavy (non-hydrogen) atoms. The Hall–Kier alpha value is -2.24. The zero-order valence-corrected chi connectivity index (χ0v) is 11.7. The van der Waals surface area contributed by atoms with Crippen molar-refractivity contribution in [1.29, 1.82) is 0 Å². The van der Waals surface area contributed by atoms with Crippen molar-refractivity contribution in [2.75, 3.05) is 6.54 Å². The molecule has 0 radical (unpaired) electrons. The van der Waals surface area contributed by atoms with Gasteiger partial charge in [0.25, 0.3) is 0 Å². The Labute approximate surface area is 120 Å². The van der Waals surface area contributed by atoms with Crippen LogP contribution in [0.3, 0.4) is 0 Å². The molecule has 0 aliphatic heterocycles. The molecule has 0 saturated heterocycles. The van der Waals surface area contributed by atoms with E-state index in [4.69, 9.17) is 4.74 Å². The van der Waals surface area contributed by atoms with Crippen molar-refractivity contribution in [2.45, 2.75) is 19.9 Å². The van der Waals surface area contributed by atoms with E-state index in [-0.39, 0.29) is 0 Å². The average Bonchev–Trinajstić information content (AvgIpc) is 2.48. The molecule has 0 aromatic heterocycles. The van der Waals surface area contributed by atoms with Crippen LogP contribution in [0.1, 0.15) is 18.9 Å². The molecule has 0 bridgehead atoms. The van der Waals surface area contributed by atoms with E-state index in [0.717, 1.165) is 31.0 Å². The van der Waals surface area contributed by atoms with E-state index < -0.39 is 0 Å². The first-order valence-corrected chi connectivity index (χ1v) is 6.80. The molecule has 1 N–H and O–H groups in total. The third-order valence-electron chi connectivity index (χ3n) is 2.81. The third kappa shape index (κ3) is 4.79. The van der Waals surface area contributed by atoms with Crippen molar-refractivity contribution in [3.63, 3.8) is 0 Å². The molecule has 0 heterocycles. The molecule has 0 aliphatic rings. The fraction of sp³-hybridized carbons (Fsp3) is 0.222. The lowest BCUT2D eigenvalue weighted by molar-refractivity contribution is 0.481. The fourth-order valence-electron chi connectivity index (χ4n) is 1.85. The van der Waals surface area contributed by atoms with Crippen LogP contribution < -0.4 is 10.1 Å². The lowest BCUT2D eigenvalue weighted by atomic mass is 10.2. The lowest BCUT2D eigenvalue weighted by Gasteiger charge is -2.08. The van der Waals surface area contributed by atoms with Crippen LogP contribution in [0.15, 0.2) is 54.6 Å². The molecule has 0 aliphatic carbocycles. The Bertz CT molecular complexity index is 581. The summed E-state index contributed by atoms with van der Waals surface area (Å²) in [7, 11) is 0. The highest BCUT2D eigenvalue weighted by molar-refractivity contribution is 5.33. The molecule has 0 saturated carbocycles. The largest absolute Gasteiger partial charge is 0.457 e. The van der Waals surface area contributed by atoms with Gasteiger partial charge in [-0.25, -0.2) is 0 Å². The molecular formula is C18H19NO. The minimum Gasteiger partial charge on any atom is -0.457 e. The summed E-state index contributed by atoms with van der Waals surface area (Å²) in [4.78, 5) is 0. The van der Waals surface area contributed by atoms with Crippen LogP contribution in [0.4, 0.5) is 0 Å². The van der Waals surface area contributed by atoms with Crippen LogP contribution in [0.2, 0.25) is 0 Å². The SMILES string of the molecule is CC#CCCNCc1cccc(Oc2ccccc2)c1. The minimum atomic E-state index is 0.831. The van der Waals surface area contributed by atoms with E-state index in [1.54, 1.807) is 0 Å². The van der Waals surface area contributed by atoms with Gasteiger partial charge in [-0.2, -0.15) is 0 Å². The van der Waals surface area contributed by atoms with Gasteiger partial charge in [0, 0.05) is 19.5 Å². The van der Waals surface area contributed by atoms with Gasteiger partial charge in [0.1, 0.15) is 11.5 Å². The van der Waals surface area contributed by atoms with E-state index in [2.05, 4.69) is 29.3 Å². The van der Waals surface area contributed by atoms with Gasteiger partial charge in [0.2, 0.25) is 0 Å². The van der Waals surface area contributed by atoms with E-state index >= 15 is 0 Å². The van der Waals surface area contributed by atoms with E-state index in [0.29, 0.717) is 0 Å². The monoisotopic (exact) mass is 265 g/mol. The Kier molecular flexibility index (Phi) is 5.70. The predicted octanol–water partition coefficient (Wildman–Crippen LogP) is 3.98. The zero-order chi connectivity index (χ0) is 14.0. The summed E-state index contributed by atoms with van der Waals surface area (Å²) in [6.45, 7) is 3.60. The molecule has 2 nitrogen and oxygen atoms in total. The second-order valence-electron chi connectivity index (χ2n) is 4.42. The van der Waals surface area contributed by atoms with E-state index in [9.17, 15) is 0 Å². The molecular weight excluding hydrogens is 246 g/mol. The molecule has 2 aromatic carbocycles. The summed E-state index contributed by atoms with van der Waals surface area (Å²) in [6.07, 6.45) is 0.886. The van der Waals surface area contributed by atoms with Crippen molar-refractivity contribution in [3.05, 3.63) is 60.2 Å². The summed E-state index contributed by atoms with van der Waals surface area (Å²) in [6, 6.07) is 18.0. The maximum Gasteiger partial charge on any atom is 0.127 e. The van der Waals surface area contributed by atoms with Crippen molar-refractivity contribution in [1.82, 2.24) is 5.32 Å². The number of ether oxygens (including phenoxy) is 1. The van der Waals surface area contributed by atoms with Crippen LogP contribution in [0, 0.1) is 11.8 Å². The Morgan fingerprint density at radius 2 is 1.80 bits per heavy atom. The molecule has 0 amide bonds. The van der Waals surface area contributed by atoms with Gasteiger partial charge < -0.3 is 10.1 Å². The number of hydrogen-bond acceptors (Lipinski definition) is 2. The highest BCUT2D eigenvalue weighted by atomic mass is 16.5. The maximum absolute atomic E-state index is 5.81. The van der Waals surface area contributed by atoms with E-state index in [1.165, 1.54) is 5.56 Å². The van der Waals surface area contributed by atoms with Gasteiger partial charge in [0.15, 0.2) is 0 Å². The van der Waals surface area contributed by atoms with Crippen LogP contribution in [-0.4, -0.2) is 6.54 Å². The van der Waals surface area contributed by atoms with Gasteiger partial charge in [-0.15, -0.1) is 11.8 Å². The van der Waals surface area contributed by atoms with Crippen LogP contribution in [-0.2, 0) is 6.54 Å². The van der Waals surface area contributed by atoms with Crippen molar-refractivity contribution >= 4 is 0 Å². The van der Waals surface area contributed by atoms with Gasteiger partial charge in [-0.3, -0.25) is 0 Å². The summed E-state index contributed by atoms with van der Waals surface area (Å²) in [5.74, 6) is 7.66. The van der Waals surface area contributed by atoms with Gasteiger partial charge >= 0.3 is 0 Å². The number of hydrogen-bond donors (Lipinski definition) is 1. The fourth-order valence-corrected chi connectivity index (χ4v) is 1.85. The van der Waals surface area contributed by atoms with Crippen LogP contribution >= 0.6 is 0 Å². The number of nitrogens with one attached hydrogen (secondary N) is 1. The molecule has 0 spiro atoms. The average molecular weight is 265 g/mol. The standard InChI is InChI=1S/C18H19NO/c1-2-3-7-13-19-15-16-9-8-12-18(14-16)20-17-10-5-4-6-11-17/h4-6,8-12,14,19H,7,13,15H2,1H3. The Morgan fingerprint density at radius 3 is 2.60 bits per heavy atom. The van der Waals surface area contributed by atoms with Crippen molar-refractivity contribution in [3.8, 4) is 23.3 Å². The molecule has 102 valence electrons. The van der Waals surface area contributed by atoms with Crippen molar-refractivity contribution < 1.29 is 4.74 Å². The second kappa shape index (κ2) is 8.04. The lowest BCUT2D eigenvalue weighted by Crippen LogP contribution is -2.14. The van der Waals surface area contributed by atoms with Crippen LogP contribution in [0.25, 0.3) is 0 Å². The number of para-hydroxylation sites is 1. The molecule has 0 fully saturated rings. The highest BCUT2D eigenvalue weighted by Gasteiger charge is 1.98. The molecule has 0 atom stereocenters. The molecule has 0 unspecified atom stereocenters. The first-order valence-electron chi connectivity index (χ1n) is 6.80. The van der Waals surface area contributed by atoms with Crippen molar-refractivity contribution in [2.24, 2.45) is 0 Å². The highest BCUT2D eigenvalue weighted by Crippen LogP contribution is 2.21. The molecule has 2 aromatic rings. The topological polar surface area (TPSA) is 21.3 Å². The summed E-state index contributed by atoms with van der Waals surface area (Å²) in [5, 5.41) is 3.37. The molecule has 2 rings (SSSR count). The quantitative estimate of drug-likeness (QED) is 0.630. The summed E-state index contributed by atoms with van der Waals surface area (Å²) >= 11 is 0.